The summed E-state index contributed by atoms with van der Waals surface area (Å²) >= 11 is 0. The molecule has 1 aliphatic heterocycles. The zero-order chi connectivity index (χ0) is 19.8. The normalized spacial score (nSPS) is 16.5. The van der Waals surface area contributed by atoms with Gasteiger partial charge in [-0.1, -0.05) is 6.08 Å². The van der Waals surface area contributed by atoms with Crippen molar-refractivity contribution in [3.8, 4) is 0 Å². The SMILES string of the molecule is CC1(NS(=O)(=O)c2ccc3[nH]c(=O)n(CC=CC(=O)O)c(=O)c3c2)COC1. The number of carbonyl (C=O) groups is 1. The molecule has 2 aromatic rings. The zero-order valence-corrected chi connectivity index (χ0v) is 15.1. The molecule has 0 spiro atoms. The number of sulfonamides is 1. The van der Waals surface area contributed by atoms with Crippen molar-refractivity contribution in [3.05, 3.63) is 51.2 Å². The minimum absolute atomic E-state index is 0.00351. The van der Waals surface area contributed by atoms with E-state index in [1.54, 1.807) is 6.92 Å². The molecular weight excluding hydrogens is 378 g/mol. The topological polar surface area (TPSA) is 148 Å². The van der Waals surface area contributed by atoms with E-state index in [9.17, 15) is 22.8 Å². The second-order valence-corrected chi connectivity index (χ2v) is 8.14. The number of aromatic amines is 1. The maximum absolute atomic E-state index is 12.6. The van der Waals surface area contributed by atoms with Crippen molar-refractivity contribution in [1.29, 1.82) is 0 Å². The lowest BCUT2D eigenvalue weighted by Gasteiger charge is -2.38. The lowest BCUT2D eigenvalue weighted by molar-refractivity contribution is -0.131. The van der Waals surface area contributed by atoms with Crippen molar-refractivity contribution in [2.45, 2.75) is 23.9 Å². The fourth-order valence-corrected chi connectivity index (χ4v) is 4.08. The molecule has 1 aromatic carbocycles. The van der Waals surface area contributed by atoms with Gasteiger partial charge in [0.1, 0.15) is 0 Å². The molecule has 0 aliphatic carbocycles. The third-order valence-electron chi connectivity index (χ3n) is 4.03. The average Bonchev–Trinajstić information content (AvgIpc) is 2.55. The molecule has 3 N–H and O–H groups in total. The van der Waals surface area contributed by atoms with Gasteiger partial charge in [-0.05, 0) is 25.1 Å². The summed E-state index contributed by atoms with van der Waals surface area (Å²) in [6.07, 6.45) is 1.95. The molecule has 0 unspecified atom stereocenters. The fourth-order valence-electron chi connectivity index (χ4n) is 2.67. The van der Waals surface area contributed by atoms with E-state index in [0.717, 1.165) is 16.7 Å². The Kier molecular flexibility index (Phi) is 4.76. The van der Waals surface area contributed by atoms with E-state index in [1.807, 2.05) is 0 Å². The number of nitrogens with one attached hydrogen (secondary N) is 2. The number of nitrogens with zero attached hydrogens (tertiary/aromatic N) is 1. The molecule has 144 valence electrons. The molecule has 2 heterocycles. The summed E-state index contributed by atoms with van der Waals surface area (Å²) in [4.78, 5) is 37.5. The number of benzene rings is 1. The van der Waals surface area contributed by atoms with Crippen LogP contribution in [-0.2, 0) is 26.1 Å². The average molecular weight is 395 g/mol. The van der Waals surface area contributed by atoms with Gasteiger partial charge >= 0.3 is 11.7 Å². The Hall–Kier alpha value is -2.76. The Bertz CT molecular complexity index is 1160. The zero-order valence-electron chi connectivity index (χ0n) is 14.3. The fraction of sp³-hybridized carbons (Fsp3) is 0.312. The van der Waals surface area contributed by atoms with E-state index < -0.39 is 32.8 Å². The minimum atomic E-state index is -3.90. The second kappa shape index (κ2) is 6.76. The highest BCUT2D eigenvalue weighted by Gasteiger charge is 2.37. The van der Waals surface area contributed by atoms with Crippen LogP contribution in [0.3, 0.4) is 0 Å². The monoisotopic (exact) mass is 395 g/mol. The molecule has 27 heavy (non-hydrogen) atoms. The summed E-state index contributed by atoms with van der Waals surface area (Å²) in [7, 11) is -3.90. The van der Waals surface area contributed by atoms with Crippen molar-refractivity contribution in [2.75, 3.05) is 13.2 Å². The molecule has 1 saturated heterocycles. The maximum Gasteiger partial charge on any atom is 0.329 e. The van der Waals surface area contributed by atoms with Crippen LogP contribution in [0.25, 0.3) is 10.9 Å². The molecule has 0 atom stereocenters. The summed E-state index contributed by atoms with van der Waals surface area (Å²) in [5.41, 5.74) is -1.98. The van der Waals surface area contributed by atoms with Crippen LogP contribution in [0.5, 0.6) is 0 Å². The highest BCUT2D eigenvalue weighted by Crippen LogP contribution is 2.21. The first kappa shape index (κ1) is 19.0. The summed E-state index contributed by atoms with van der Waals surface area (Å²) < 4.78 is 33.5. The molecule has 10 nitrogen and oxygen atoms in total. The van der Waals surface area contributed by atoms with E-state index in [2.05, 4.69) is 9.71 Å². The van der Waals surface area contributed by atoms with Gasteiger partial charge in [-0.3, -0.25) is 9.36 Å². The largest absolute Gasteiger partial charge is 0.478 e. The molecule has 0 saturated carbocycles. The molecular formula is C16H17N3O7S. The van der Waals surface area contributed by atoms with Gasteiger partial charge in [0.25, 0.3) is 5.56 Å². The lowest BCUT2D eigenvalue weighted by Crippen LogP contribution is -2.59. The Labute approximate surface area is 153 Å². The van der Waals surface area contributed by atoms with Crippen LogP contribution < -0.4 is 16.0 Å². The van der Waals surface area contributed by atoms with Crippen molar-refractivity contribution >= 4 is 26.9 Å². The molecule has 1 fully saturated rings. The van der Waals surface area contributed by atoms with Gasteiger partial charge in [-0.25, -0.2) is 22.7 Å². The standard InChI is InChI=1S/C16H17N3O7S/c1-16(8-26-9-16)18-27(24,25)10-4-5-12-11(7-10)14(22)19(15(23)17-12)6-2-3-13(20)21/h2-5,7,18H,6,8-9H2,1H3,(H,17,23)(H,20,21). The van der Waals surface area contributed by atoms with E-state index in [4.69, 9.17) is 9.84 Å². The number of carboxylic acids is 1. The first-order valence-electron chi connectivity index (χ1n) is 7.89. The number of H-pyrrole nitrogens is 1. The van der Waals surface area contributed by atoms with Crippen molar-refractivity contribution in [3.63, 3.8) is 0 Å². The number of aromatic nitrogens is 2. The van der Waals surface area contributed by atoms with Crippen LogP contribution in [0.4, 0.5) is 0 Å². The van der Waals surface area contributed by atoms with E-state index in [1.165, 1.54) is 18.2 Å². The predicted molar refractivity (Wildman–Crippen MR) is 95.2 cm³/mol. The van der Waals surface area contributed by atoms with Gasteiger partial charge in [0, 0.05) is 12.6 Å². The van der Waals surface area contributed by atoms with Crippen LogP contribution in [0.15, 0.2) is 44.8 Å². The lowest BCUT2D eigenvalue weighted by atomic mass is 10.0. The number of hydrogen-bond donors (Lipinski definition) is 3. The Morgan fingerprint density at radius 2 is 2.11 bits per heavy atom. The second-order valence-electron chi connectivity index (χ2n) is 6.45. The number of carboxylic acid groups (broad SMARTS) is 1. The first-order valence-corrected chi connectivity index (χ1v) is 9.38. The van der Waals surface area contributed by atoms with E-state index >= 15 is 0 Å². The third-order valence-corrected chi connectivity index (χ3v) is 5.67. The number of allylic oxidation sites excluding steroid dienone is 1. The van der Waals surface area contributed by atoms with E-state index in [0.29, 0.717) is 0 Å². The van der Waals surface area contributed by atoms with Crippen molar-refractivity contribution in [1.82, 2.24) is 14.3 Å². The van der Waals surface area contributed by atoms with Crippen molar-refractivity contribution < 1.29 is 23.1 Å². The highest BCUT2D eigenvalue weighted by molar-refractivity contribution is 7.89. The Morgan fingerprint density at radius 1 is 1.41 bits per heavy atom. The van der Waals surface area contributed by atoms with Crippen LogP contribution in [0.1, 0.15) is 6.92 Å². The number of aliphatic carboxylic acids is 1. The number of rotatable bonds is 6. The highest BCUT2D eigenvalue weighted by atomic mass is 32.2. The third kappa shape index (κ3) is 3.84. The van der Waals surface area contributed by atoms with E-state index in [-0.39, 0.29) is 35.6 Å². The smallest absolute Gasteiger partial charge is 0.329 e. The quantitative estimate of drug-likeness (QED) is 0.553. The van der Waals surface area contributed by atoms with Crippen LogP contribution in [0, 0.1) is 0 Å². The first-order chi connectivity index (χ1) is 12.6. The Balaban J connectivity index is 2.04. The van der Waals surface area contributed by atoms with Gasteiger partial charge in [-0.15, -0.1) is 0 Å². The van der Waals surface area contributed by atoms with Gasteiger partial charge in [0.15, 0.2) is 0 Å². The van der Waals surface area contributed by atoms with Crippen LogP contribution in [-0.4, -0.2) is 47.8 Å². The molecule has 1 aromatic heterocycles. The Morgan fingerprint density at radius 3 is 2.70 bits per heavy atom. The maximum atomic E-state index is 12.6. The number of hydrogen-bond acceptors (Lipinski definition) is 6. The van der Waals surface area contributed by atoms with Crippen molar-refractivity contribution in [2.24, 2.45) is 0 Å². The number of fused-ring (bicyclic) bond motifs is 1. The minimum Gasteiger partial charge on any atom is -0.478 e. The van der Waals surface area contributed by atoms with Gasteiger partial charge in [0.2, 0.25) is 10.0 Å². The van der Waals surface area contributed by atoms with Gasteiger partial charge < -0.3 is 14.8 Å². The molecule has 0 amide bonds. The summed E-state index contributed by atoms with van der Waals surface area (Å²) in [5, 5.41) is 8.60. The molecule has 0 bridgehead atoms. The molecule has 3 rings (SSSR count). The molecule has 11 heteroatoms. The summed E-state index contributed by atoms with van der Waals surface area (Å²) in [6.45, 7) is 1.93. The molecule has 0 radical (unpaired) electrons. The van der Waals surface area contributed by atoms with Gasteiger partial charge in [0.05, 0.1) is 34.6 Å². The molecule has 1 aliphatic rings. The van der Waals surface area contributed by atoms with Crippen LogP contribution >= 0.6 is 0 Å². The predicted octanol–water partition coefficient (Wildman–Crippen LogP) is -0.602. The number of ether oxygens (including phenoxy) is 1. The summed E-state index contributed by atoms with van der Waals surface area (Å²) in [5.74, 6) is -1.21. The summed E-state index contributed by atoms with van der Waals surface area (Å²) in [6, 6.07) is 3.80. The van der Waals surface area contributed by atoms with Gasteiger partial charge in [-0.2, -0.15) is 0 Å². The van der Waals surface area contributed by atoms with Crippen LogP contribution in [0.2, 0.25) is 0 Å².